The monoisotopic (exact) mass is 191 g/mol. The van der Waals surface area contributed by atoms with E-state index in [0.717, 1.165) is 25.3 Å². The van der Waals surface area contributed by atoms with Gasteiger partial charge in [0.25, 0.3) is 0 Å². The van der Waals surface area contributed by atoms with E-state index in [9.17, 15) is 0 Å². The van der Waals surface area contributed by atoms with Gasteiger partial charge in [0, 0.05) is 19.3 Å². The molecule has 0 amide bonds. The molecule has 1 fully saturated rings. The molecule has 3 nitrogen and oxygen atoms in total. The molecule has 0 unspecified atom stereocenters. The molecule has 1 aliphatic rings. The van der Waals surface area contributed by atoms with Crippen LogP contribution in [0.2, 0.25) is 0 Å². The van der Waals surface area contributed by atoms with Crippen LogP contribution in [0.3, 0.4) is 0 Å². The number of rotatable bonds is 3. The maximum absolute atomic E-state index is 4.37. The molecule has 1 aromatic heterocycles. The lowest BCUT2D eigenvalue weighted by Crippen LogP contribution is -2.51. The van der Waals surface area contributed by atoms with Gasteiger partial charge >= 0.3 is 0 Å². The van der Waals surface area contributed by atoms with Gasteiger partial charge in [-0.25, -0.2) is 4.98 Å². The van der Waals surface area contributed by atoms with E-state index >= 15 is 0 Å². The van der Waals surface area contributed by atoms with Crippen molar-refractivity contribution in [2.24, 2.45) is 0 Å². The van der Waals surface area contributed by atoms with Crippen LogP contribution in [-0.4, -0.2) is 24.1 Å². The SMILES string of the molecule is CCc1cc(NC2CNC2)ncc1C. The van der Waals surface area contributed by atoms with Crippen LogP contribution >= 0.6 is 0 Å². The second kappa shape index (κ2) is 3.96. The highest BCUT2D eigenvalue weighted by molar-refractivity contribution is 5.42. The van der Waals surface area contributed by atoms with Crippen molar-refractivity contribution in [3.8, 4) is 0 Å². The van der Waals surface area contributed by atoms with Crippen LogP contribution in [0.25, 0.3) is 0 Å². The van der Waals surface area contributed by atoms with Crippen LogP contribution in [0.4, 0.5) is 5.82 Å². The van der Waals surface area contributed by atoms with Crippen molar-refractivity contribution in [1.82, 2.24) is 10.3 Å². The first-order valence-corrected chi connectivity index (χ1v) is 5.22. The van der Waals surface area contributed by atoms with Gasteiger partial charge in [-0.3, -0.25) is 0 Å². The summed E-state index contributed by atoms with van der Waals surface area (Å²) in [5, 5.41) is 6.64. The molecular weight excluding hydrogens is 174 g/mol. The predicted octanol–water partition coefficient (Wildman–Crippen LogP) is 1.34. The molecule has 1 aliphatic heterocycles. The van der Waals surface area contributed by atoms with Gasteiger partial charge in [0.05, 0.1) is 6.04 Å². The van der Waals surface area contributed by atoms with Gasteiger partial charge in [-0.1, -0.05) is 6.92 Å². The highest BCUT2D eigenvalue weighted by Gasteiger charge is 2.16. The summed E-state index contributed by atoms with van der Waals surface area (Å²) < 4.78 is 0. The zero-order chi connectivity index (χ0) is 9.97. The highest BCUT2D eigenvalue weighted by Crippen LogP contribution is 2.14. The molecule has 2 N–H and O–H groups in total. The lowest BCUT2D eigenvalue weighted by atomic mass is 10.1. The van der Waals surface area contributed by atoms with Crippen molar-refractivity contribution < 1.29 is 0 Å². The fraction of sp³-hybridized carbons (Fsp3) is 0.545. The fourth-order valence-corrected chi connectivity index (χ4v) is 1.63. The van der Waals surface area contributed by atoms with Crippen molar-refractivity contribution in [2.45, 2.75) is 26.3 Å². The average Bonchev–Trinajstić information content (AvgIpc) is 2.14. The second-order valence-corrected chi connectivity index (χ2v) is 3.85. The maximum Gasteiger partial charge on any atom is 0.126 e. The molecule has 3 heteroatoms. The van der Waals surface area contributed by atoms with Gasteiger partial charge in [0.2, 0.25) is 0 Å². The van der Waals surface area contributed by atoms with E-state index in [1.165, 1.54) is 11.1 Å². The smallest absolute Gasteiger partial charge is 0.126 e. The number of aromatic nitrogens is 1. The number of nitrogens with zero attached hydrogens (tertiary/aromatic N) is 1. The molecular formula is C11H17N3. The average molecular weight is 191 g/mol. The van der Waals surface area contributed by atoms with Gasteiger partial charge in [-0.15, -0.1) is 0 Å². The molecule has 0 saturated carbocycles. The first-order valence-electron chi connectivity index (χ1n) is 5.22. The second-order valence-electron chi connectivity index (χ2n) is 3.85. The van der Waals surface area contributed by atoms with E-state index < -0.39 is 0 Å². The first kappa shape index (κ1) is 9.46. The van der Waals surface area contributed by atoms with Crippen molar-refractivity contribution >= 4 is 5.82 Å². The van der Waals surface area contributed by atoms with Crippen LogP contribution in [0, 0.1) is 6.92 Å². The summed E-state index contributed by atoms with van der Waals surface area (Å²) in [6.07, 6.45) is 3.03. The Labute approximate surface area is 84.9 Å². The van der Waals surface area contributed by atoms with Gasteiger partial charge in [-0.2, -0.15) is 0 Å². The van der Waals surface area contributed by atoms with E-state index in [0.29, 0.717) is 6.04 Å². The molecule has 0 aliphatic carbocycles. The Morgan fingerprint density at radius 1 is 1.57 bits per heavy atom. The van der Waals surface area contributed by atoms with E-state index in [2.05, 4.69) is 35.5 Å². The Bertz CT molecular complexity index is 318. The van der Waals surface area contributed by atoms with E-state index in [-0.39, 0.29) is 0 Å². The standard InChI is InChI=1S/C11H17N3/c1-3-9-4-11(13-5-8(9)2)14-10-6-12-7-10/h4-5,10,12H,3,6-7H2,1-2H3,(H,13,14). The fourth-order valence-electron chi connectivity index (χ4n) is 1.63. The van der Waals surface area contributed by atoms with Gasteiger partial charge in [0.15, 0.2) is 0 Å². The van der Waals surface area contributed by atoms with E-state index in [4.69, 9.17) is 0 Å². The van der Waals surface area contributed by atoms with Crippen LogP contribution in [-0.2, 0) is 6.42 Å². The van der Waals surface area contributed by atoms with E-state index in [1.807, 2.05) is 6.20 Å². The lowest BCUT2D eigenvalue weighted by molar-refractivity contribution is 0.471. The summed E-state index contributed by atoms with van der Waals surface area (Å²) in [6, 6.07) is 2.73. The number of pyridine rings is 1. The van der Waals surface area contributed by atoms with Crippen LogP contribution in [0.1, 0.15) is 18.1 Å². The zero-order valence-electron chi connectivity index (χ0n) is 8.80. The topological polar surface area (TPSA) is 37.0 Å². The Morgan fingerprint density at radius 3 is 2.93 bits per heavy atom. The number of nitrogens with one attached hydrogen (secondary N) is 2. The number of hydrogen-bond acceptors (Lipinski definition) is 3. The van der Waals surface area contributed by atoms with Crippen LogP contribution in [0.15, 0.2) is 12.3 Å². The largest absolute Gasteiger partial charge is 0.365 e. The molecule has 14 heavy (non-hydrogen) atoms. The molecule has 2 rings (SSSR count). The third-order valence-electron chi connectivity index (χ3n) is 2.73. The number of hydrogen-bond donors (Lipinski definition) is 2. The van der Waals surface area contributed by atoms with Crippen LogP contribution < -0.4 is 10.6 Å². The first-order chi connectivity index (χ1) is 6.79. The van der Waals surface area contributed by atoms with Crippen molar-refractivity contribution in [2.75, 3.05) is 18.4 Å². The Balaban J connectivity index is 2.09. The van der Waals surface area contributed by atoms with Gasteiger partial charge in [0.1, 0.15) is 5.82 Å². The molecule has 0 radical (unpaired) electrons. The molecule has 1 aromatic rings. The highest BCUT2D eigenvalue weighted by atomic mass is 15.1. The molecule has 2 heterocycles. The van der Waals surface area contributed by atoms with Crippen LogP contribution in [0.5, 0.6) is 0 Å². The van der Waals surface area contributed by atoms with Gasteiger partial charge in [-0.05, 0) is 30.5 Å². The summed E-state index contributed by atoms with van der Waals surface area (Å²) in [7, 11) is 0. The minimum Gasteiger partial charge on any atom is -0.365 e. The summed E-state index contributed by atoms with van der Waals surface area (Å²) in [5.41, 5.74) is 2.67. The van der Waals surface area contributed by atoms with Crippen molar-refractivity contribution in [3.63, 3.8) is 0 Å². The quantitative estimate of drug-likeness (QED) is 0.757. The van der Waals surface area contributed by atoms with Crippen molar-refractivity contribution in [1.29, 1.82) is 0 Å². The lowest BCUT2D eigenvalue weighted by Gasteiger charge is -2.28. The molecule has 76 valence electrons. The van der Waals surface area contributed by atoms with E-state index in [1.54, 1.807) is 0 Å². The maximum atomic E-state index is 4.37. The molecule has 0 aromatic carbocycles. The Hall–Kier alpha value is -1.09. The Morgan fingerprint density at radius 2 is 2.36 bits per heavy atom. The summed E-state index contributed by atoms with van der Waals surface area (Å²) in [6.45, 7) is 6.39. The van der Waals surface area contributed by atoms with Crippen molar-refractivity contribution in [3.05, 3.63) is 23.4 Å². The third kappa shape index (κ3) is 1.87. The molecule has 0 atom stereocenters. The zero-order valence-corrected chi connectivity index (χ0v) is 8.80. The normalized spacial score (nSPS) is 16.4. The van der Waals surface area contributed by atoms with Gasteiger partial charge < -0.3 is 10.6 Å². The minimum atomic E-state index is 0.565. The number of anilines is 1. The Kier molecular flexibility index (Phi) is 2.68. The predicted molar refractivity (Wildman–Crippen MR) is 58.6 cm³/mol. The molecule has 0 spiro atoms. The number of aryl methyl sites for hydroxylation is 2. The third-order valence-corrected chi connectivity index (χ3v) is 2.73. The summed E-state index contributed by atoms with van der Waals surface area (Å²) >= 11 is 0. The summed E-state index contributed by atoms with van der Waals surface area (Å²) in [5.74, 6) is 1.01. The molecule has 0 bridgehead atoms. The molecule has 1 saturated heterocycles. The minimum absolute atomic E-state index is 0.565. The summed E-state index contributed by atoms with van der Waals surface area (Å²) in [4.78, 5) is 4.37.